The molecule has 1 atom stereocenters. The monoisotopic (exact) mass is 451 g/mol. The van der Waals surface area contributed by atoms with E-state index in [0.717, 1.165) is 21.7 Å². The van der Waals surface area contributed by atoms with Crippen LogP contribution in [0.3, 0.4) is 0 Å². The molecule has 154 valence electrons. The van der Waals surface area contributed by atoms with Crippen molar-refractivity contribution in [2.75, 3.05) is 18.5 Å². The molecule has 1 heterocycles. The van der Waals surface area contributed by atoms with Crippen LogP contribution in [0.1, 0.15) is 30.8 Å². The van der Waals surface area contributed by atoms with Crippen LogP contribution in [0.2, 0.25) is 5.02 Å². The van der Waals surface area contributed by atoms with E-state index in [0.29, 0.717) is 10.2 Å². The van der Waals surface area contributed by atoms with E-state index in [1.165, 1.54) is 11.3 Å². The van der Waals surface area contributed by atoms with E-state index in [2.05, 4.69) is 15.5 Å². The van der Waals surface area contributed by atoms with Crippen molar-refractivity contribution in [1.82, 2.24) is 10.2 Å². The van der Waals surface area contributed by atoms with Crippen LogP contribution in [0.15, 0.2) is 48.5 Å². The first-order valence-corrected chi connectivity index (χ1v) is 12.1. The highest BCUT2D eigenvalue weighted by atomic mass is 35.5. The second kappa shape index (κ2) is 9.83. The van der Waals surface area contributed by atoms with Crippen LogP contribution in [0, 0.1) is 6.92 Å². The number of aryl methyl sites for hydroxylation is 1. The minimum atomic E-state index is -3.52. The van der Waals surface area contributed by atoms with E-state index in [1.54, 1.807) is 38.1 Å². The number of anilines is 1. The van der Waals surface area contributed by atoms with Gasteiger partial charge in [0.2, 0.25) is 5.13 Å². The van der Waals surface area contributed by atoms with Crippen molar-refractivity contribution in [2.24, 2.45) is 0 Å². The maximum Gasteiger partial charge on any atom is 0.357 e. The van der Waals surface area contributed by atoms with Crippen molar-refractivity contribution in [3.05, 3.63) is 64.7 Å². The number of hydrogen-bond acceptors (Lipinski definition) is 7. The third-order valence-electron chi connectivity index (χ3n) is 4.07. The lowest BCUT2D eigenvalue weighted by molar-refractivity contribution is 0.214. The summed E-state index contributed by atoms with van der Waals surface area (Å²) >= 11 is 7.41. The van der Waals surface area contributed by atoms with Gasteiger partial charge in [0.1, 0.15) is 5.01 Å². The highest BCUT2D eigenvalue weighted by molar-refractivity contribution is 7.54. The van der Waals surface area contributed by atoms with Crippen molar-refractivity contribution in [1.29, 1.82) is 0 Å². The van der Waals surface area contributed by atoms with Gasteiger partial charge in [0.15, 0.2) is 5.78 Å². The zero-order valence-corrected chi connectivity index (χ0v) is 18.9. The molecule has 29 heavy (non-hydrogen) atoms. The van der Waals surface area contributed by atoms with E-state index in [4.69, 9.17) is 20.6 Å². The van der Waals surface area contributed by atoms with E-state index in [-0.39, 0.29) is 13.2 Å². The number of halogens is 1. The van der Waals surface area contributed by atoms with Gasteiger partial charge in [-0.3, -0.25) is 4.57 Å². The molecule has 0 unspecified atom stereocenters. The molecule has 0 saturated heterocycles. The number of aromatic nitrogens is 2. The van der Waals surface area contributed by atoms with Gasteiger partial charge in [0, 0.05) is 10.6 Å². The summed E-state index contributed by atoms with van der Waals surface area (Å²) in [5, 5.41) is 13.6. The fourth-order valence-corrected chi connectivity index (χ4v) is 5.72. The Morgan fingerprint density at radius 2 is 1.79 bits per heavy atom. The van der Waals surface area contributed by atoms with Crippen LogP contribution in [0.4, 0.5) is 5.13 Å². The topological polar surface area (TPSA) is 73.3 Å². The minimum Gasteiger partial charge on any atom is -0.342 e. The van der Waals surface area contributed by atoms with Gasteiger partial charge in [-0.05, 0) is 44.5 Å². The molecule has 0 aliphatic heterocycles. The zero-order chi connectivity index (χ0) is 20.9. The predicted octanol–water partition coefficient (Wildman–Crippen LogP) is 6.54. The second-order valence-corrected chi connectivity index (χ2v) is 9.78. The number of rotatable bonds is 9. The van der Waals surface area contributed by atoms with Gasteiger partial charge in [-0.25, -0.2) is 0 Å². The molecular formula is C20H23ClN3O3PS. The maximum atomic E-state index is 13.5. The van der Waals surface area contributed by atoms with Crippen molar-refractivity contribution in [3.8, 4) is 10.6 Å². The van der Waals surface area contributed by atoms with Crippen molar-refractivity contribution >= 4 is 35.7 Å². The fourth-order valence-electron chi connectivity index (χ4n) is 2.83. The predicted molar refractivity (Wildman–Crippen MR) is 119 cm³/mol. The number of nitrogens with zero attached hydrogens (tertiary/aromatic N) is 2. The highest BCUT2D eigenvalue weighted by Gasteiger charge is 2.37. The lowest BCUT2D eigenvalue weighted by Crippen LogP contribution is -2.15. The lowest BCUT2D eigenvalue weighted by Gasteiger charge is -2.27. The van der Waals surface area contributed by atoms with Crippen LogP contribution in [-0.4, -0.2) is 23.4 Å². The molecular weight excluding hydrogens is 429 g/mol. The van der Waals surface area contributed by atoms with Crippen molar-refractivity contribution < 1.29 is 13.6 Å². The summed E-state index contributed by atoms with van der Waals surface area (Å²) in [5.74, 6) is -0.738. The number of hydrogen-bond donors (Lipinski definition) is 1. The molecule has 6 nitrogen and oxygen atoms in total. The third-order valence-corrected chi connectivity index (χ3v) is 7.52. The standard InChI is InChI=1S/C20H23ClN3O3PS/c1-4-26-28(25,27-5-2)18(15-9-11-17(21)12-10-15)22-20-24-23-19(29-20)16-8-6-7-14(3)13-16/h6-13,18H,4-5H2,1-3H3,(H,22,24)/t18-/m1/s1. The first-order chi connectivity index (χ1) is 13.9. The normalized spacial score (nSPS) is 12.7. The molecule has 0 bridgehead atoms. The fraction of sp³-hybridized carbons (Fsp3) is 0.300. The Balaban J connectivity index is 1.95. The average molecular weight is 452 g/mol. The quantitative estimate of drug-likeness (QED) is 0.372. The smallest absolute Gasteiger partial charge is 0.342 e. The molecule has 3 aromatic rings. The summed E-state index contributed by atoms with van der Waals surface area (Å²) < 4.78 is 24.7. The van der Waals surface area contributed by atoms with E-state index in [9.17, 15) is 4.57 Å². The van der Waals surface area contributed by atoms with Gasteiger partial charge >= 0.3 is 7.60 Å². The molecule has 0 fully saturated rings. The first-order valence-electron chi connectivity index (χ1n) is 9.26. The van der Waals surface area contributed by atoms with Gasteiger partial charge < -0.3 is 14.4 Å². The molecule has 0 aliphatic rings. The minimum absolute atomic E-state index is 0.258. The summed E-state index contributed by atoms with van der Waals surface area (Å²) in [6.07, 6.45) is 0. The maximum absolute atomic E-state index is 13.5. The van der Waals surface area contributed by atoms with Crippen LogP contribution < -0.4 is 5.32 Å². The van der Waals surface area contributed by atoms with Crippen molar-refractivity contribution in [3.63, 3.8) is 0 Å². The van der Waals surface area contributed by atoms with Gasteiger partial charge in [-0.15, -0.1) is 10.2 Å². The van der Waals surface area contributed by atoms with Gasteiger partial charge in [-0.2, -0.15) is 0 Å². The Hall–Kier alpha value is -1.76. The largest absolute Gasteiger partial charge is 0.357 e. The highest BCUT2D eigenvalue weighted by Crippen LogP contribution is 2.61. The van der Waals surface area contributed by atoms with Crippen LogP contribution >= 0.6 is 30.5 Å². The van der Waals surface area contributed by atoms with Crippen molar-refractivity contribution in [2.45, 2.75) is 26.6 Å². The summed E-state index contributed by atoms with van der Waals surface area (Å²) in [6.45, 7) is 6.11. The molecule has 0 amide bonds. The molecule has 3 rings (SSSR count). The molecule has 1 N–H and O–H groups in total. The van der Waals surface area contributed by atoms with Crippen LogP contribution in [0.25, 0.3) is 10.6 Å². The molecule has 0 aliphatic carbocycles. The molecule has 0 spiro atoms. The Morgan fingerprint density at radius 3 is 2.41 bits per heavy atom. The molecule has 9 heteroatoms. The van der Waals surface area contributed by atoms with Crippen LogP contribution in [-0.2, 0) is 13.6 Å². The Labute approximate surface area is 179 Å². The summed E-state index contributed by atoms with van der Waals surface area (Å²) in [4.78, 5) is 0. The number of benzene rings is 2. The Kier molecular flexibility index (Phi) is 7.44. The lowest BCUT2D eigenvalue weighted by atomic mass is 10.1. The van der Waals surface area contributed by atoms with Crippen LogP contribution in [0.5, 0.6) is 0 Å². The average Bonchev–Trinajstić information content (AvgIpc) is 3.16. The SMILES string of the molecule is CCOP(=O)(OCC)[C@@H](Nc1nnc(-c2cccc(C)c2)s1)c1ccc(Cl)cc1. The molecule has 0 radical (unpaired) electrons. The molecule has 0 saturated carbocycles. The van der Waals surface area contributed by atoms with Gasteiger partial charge in [0.05, 0.1) is 13.2 Å². The summed E-state index contributed by atoms with van der Waals surface area (Å²) in [5.41, 5.74) is 2.85. The van der Waals surface area contributed by atoms with E-state index in [1.807, 2.05) is 31.2 Å². The second-order valence-electron chi connectivity index (χ2n) is 6.26. The van der Waals surface area contributed by atoms with E-state index < -0.39 is 13.4 Å². The molecule has 1 aromatic heterocycles. The zero-order valence-electron chi connectivity index (χ0n) is 16.5. The van der Waals surface area contributed by atoms with Gasteiger partial charge in [0.25, 0.3) is 0 Å². The molecule has 2 aromatic carbocycles. The summed E-state index contributed by atoms with van der Waals surface area (Å²) in [6, 6.07) is 15.1. The van der Waals surface area contributed by atoms with Gasteiger partial charge in [-0.1, -0.05) is 58.8 Å². The summed E-state index contributed by atoms with van der Waals surface area (Å²) in [7, 11) is -3.52. The third kappa shape index (κ3) is 5.44. The Bertz CT molecular complexity index is 987. The Morgan fingerprint density at radius 1 is 1.10 bits per heavy atom. The first kappa shape index (κ1) is 21.9. The van der Waals surface area contributed by atoms with E-state index >= 15 is 0 Å². The number of nitrogens with one attached hydrogen (secondary N) is 1.